The predicted molar refractivity (Wildman–Crippen MR) is 165 cm³/mol. The molecule has 5 nitrogen and oxygen atoms in total. The maximum atomic E-state index is 13.5. The van der Waals surface area contributed by atoms with Crippen LogP contribution in [0, 0.1) is 0 Å². The van der Waals surface area contributed by atoms with Gasteiger partial charge in [-0.3, -0.25) is 0 Å². The molecule has 41 heavy (non-hydrogen) atoms. The molecule has 4 aromatic carbocycles. The number of carbonyl (C=O) groups is 1. The first-order chi connectivity index (χ1) is 19.9. The van der Waals surface area contributed by atoms with Crippen molar-refractivity contribution in [3.05, 3.63) is 117 Å². The summed E-state index contributed by atoms with van der Waals surface area (Å²) >= 11 is 14.1. The van der Waals surface area contributed by atoms with E-state index in [1.165, 1.54) is 18.4 Å². The third kappa shape index (κ3) is 4.52. The zero-order valence-corrected chi connectivity index (χ0v) is 24.7. The summed E-state index contributed by atoms with van der Waals surface area (Å²) in [5.41, 5.74) is 2.39. The second-order valence-corrected chi connectivity index (χ2v) is 11.2. The van der Waals surface area contributed by atoms with Crippen LogP contribution in [0.1, 0.15) is 27.0 Å². The fourth-order valence-corrected chi connectivity index (χ4v) is 6.37. The second kappa shape index (κ2) is 10.8. The Morgan fingerprint density at radius 3 is 1.93 bits per heavy atom. The van der Waals surface area contributed by atoms with E-state index in [2.05, 4.69) is 0 Å². The molecule has 0 radical (unpaired) electrons. The van der Waals surface area contributed by atoms with Gasteiger partial charge in [-0.2, -0.15) is 0 Å². The van der Waals surface area contributed by atoms with Crippen LogP contribution in [0.5, 0.6) is 17.2 Å². The fraction of sp³-hybridized carbons (Fsp3) is 0.121. The van der Waals surface area contributed by atoms with Gasteiger partial charge in [0.1, 0.15) is 5.75 Å². The number of benzene rings is 4. The Hall–Kier alpha value is -3.97. The molecular formula is C33H24Cl2O5S. The van der Waals surface area contributed by atoms with Crippen LogP contribution < -0.4 is 14.2 Å². The van der Waals surface area contributed by atoms with Crippen LogP contribution in [0.25, 0.3) is 27.3 Å². The summed E-state index contributed by atoms with van der Waals surface area (Å²) in [7, 11) is 4.55. The number of halogens is 2. The number of methoxy groups -OCH3 is 3. The minimum atomic E-state index is -1.06. The maximum absolute atomic E-state index is 13.5. The van der Waals surface area contributed by atoms with Gasteiger partial charge in [0.2, 0.25) is 0 Å². The number of carbonyl (C=O) groups excluding carboxylic acids is 1. The number of esters is 1. The summed E-state index contributed by atoms with van der Waals surface area (Å²) in [6.45, 7) is 0. The Morgan fingerprint density at radius 1 is 0.829 bits per heavy atom. The average Bonchev–Trinajstić information content (AvgIpc) is 3.54. The largest absolute Gasteiger partial charge is 0.493 e. The molecule has 206 valence electrons. The van der Waals surface area contributed by atoms with Crippen molar-refractivity contribution >= 4 is 57.4 Å². The maximum Gasteiger partial charge on any atom is 0.339 e. The molecule has 1 aliphatic rings. The Morgan fingerprint density at radius 2 is 1.41 bits per heavy atom. The molecule has 6 rings (SSSR count). The van der Waals surface area contributed by atoms with Crippen molar-refractivity contribution < 1.29 is 23.7 Å². The van der Waals surface area contributed by atoms with Crippen molar-refractivity contribution in [2.24, 2.45) is 0 Å². The smallest absolute Gasteiger partial charge is 0.339 e. The van der Waals surface area contributed by atoms with Crippen LogP contribution in [0.3, 0.4) is 0 Å². The summed E-state index contributed by atoms with van der Waals surface area (Å²) < 4.78 is 23.8. The van der Waals surface area contributed by atoms with Gasteiger partial charge >= 0.3 is 5.97 Å². The molecule has 0 unspecified atom stereocenters. The van der Waals surface area contributed by atoms with E-state index in [-0.39, 0.29) is 0 Å². The van der Waals surface area contributed by atoms with Gasteiger partial charge in [0.25, 0.3) is 0 Å². The van der Waals surface area contributed by atoms with Gasteiger partial charge in [-0.25, -0.2) is 4.79 Å². The molecule has 0 N–H and O–H groups in total. The van der Waals surface area contributed by atoms with Crippen LogP contribution in [-0.4, -0.2) is 27.3 Å². The van der Waals surface area contributed by atoms with E-state index < -0.39 is 11.6 Å². The predicted octanol–water partition coefficient (Wildman–Crippen LogP) is 9.03. The highest BCUT2D eigenvalue weighted by atomic mass is 35.5. The van der Waals surface area contributed by atoms with Crippen LogP contribution in [-0.2, 0) is 10.3 Å². The first kappa shape index (κ1) is 27.2. The van der Waals surface area contributed by atoms with E-state index in [9.17, 15) is 4.79 Å². The van der Waals surface area contributed by atoms with E-state index in [0.717, 1.165) is 32.3 Å². The second-order valence-electron chi connectivity index (χ2n) is 9.40. The molecule has 0 amide bonds. The lowest BCUT2D eigenvalue weighted by Crippen LogP contribution is -2.34. The highest BCUT2D eigenvalue weighted by Crippen LogP contribution is 2.52. The third-order valence-corrected chi connectivity index (χ3v) is 8.64. The van der Waals surface area contributed by atoms with Crippen molar-refractivity contribution in [3.8, 4) is 27.7 Å². The molecule has 0 fully saturated rings. The monoisotopic (exact) mass is 602 g/mol. The van der Waals surface area contributed by atoms with Crippen molar-refractivity contribution in [3.63, 3.8) is 0 Å². The Labute approximate surface area is 251 Å². The van der Waals surface area contributed by atoms with Gasteiger partial charge in [-0.1, -0.05) is 53.5 Å². The molecule has 2 heterocycles. The number of hydrogen-bond donors (Lipinski definition) is 0. The number of hydrogen-bond acceptors (Lipinski definition) is 6. The van der Waals surface area contributed by atoms with Gasteiger partial charge in [-0.15, -0.1) is 11.3 Å². The Balaban J connectivity index is 1.74. The molecule has 1 aliphatic heterocycles. The highest BCUT2D eigenvalue weighted by molar-refractivity contribution is 7.13. The molecule has 0 aliphatic carbocycles. The first-order valence-corrected chi connectivity index (χ1v) is 14.3. The van der Waals surface area contributed by atoms with Crippen LogP contribution in [0.2, 0.25) is 10.0 Å². The SMILES string of the molecule is COC(=O)c1c2c(c3cc(OC)c(OC)cc3c1-c1cccs1)OC(c1ccc(Cl)cc1)(c1ccc(Cl)cc1)C=C2. The van der Waals surface area contributed by atoms with Gasteiger partial charge in [0.15, 0.2) is 17.1 Å². The minimum absolute atomic E-state index is 0.404. The number of fused-ring (bicyclic) bond motifs is 3. The zero-order chi connectivity index (χ0) is 28.7. The molecule has 0 saturated carbocycles. The number of rotatable bonds is 6. The highest BCUT2D eigenvalue weighted by Gasteiger charge is 2.40. The summed E-state index contributed by atoms with van der Waals surface area (Å²) in [6.07, 6.45) is 3.89. The van der Waals surface area contributed by atoms with E-state index in [1.54, 1.807) is 14.2 Å². The summed E-state index contributed by atoms with van der Waals surface area (Å²) in [5, 5.41) is 4.71. The van der Waals surface area contributed by atoms with Gasteiger partial charge in [0.05, 0.1) is 26.9 Å². The van der Waals surface area contributed by atoms with Crippen molar-refractivity contribution in [2.75, 3.05) is 21.3 Å². The van der Waals surface area contributed by atoms with Gasteiger partial charge in [0, 0.05) is 42.6 Å². The minimum Gasteiger partial charge on any atom is -0.493 e. The standard InChI is InChI=1S/C33H24Cl2O5S/c1-37-26-17-24-25(18-27(26)38-2)31-23(30(32(36)39-3)29(24)28-5-4-16-41-28)14-15-33(40-31,19-6-10-21(34)11-7-19)20-8-12-22(35)13-9-20/h4-18H,1-3H3. The number of ether oxygens (including phenoxy) is 4. The molecule has 0 saturated heterocycles. The molecule has 0 spiro atoms. The quantitative estimate of drug-likeness (QED) is 0.181. The lowest BCUT2D eigenvalue weighted by Gasteiger charge is -2.37. The molecule has 5 aromatic rings. The van der Waals surface area contributed by atoms with E-state index in [1.807, 2.05) is 90.3 Å². The lowest BCUT2D eigenvalue weighted by molar-refractivity contribution is 0.0600. The van der Waals surface area contributed by atoms with Gasteiger partial charge in [-0.05, 0) is 65.4 Å². The third-order valence-electron chi connectivity index (χ3n) is 7.25. The Kier molecular flexibility index (Phi) is 7.16. The first-order valence-electron chi connectivity index (χ1n) is 12.7. The van der Waals surface area contributed by atoms with E-state index in [0.29, 0.717) is 38.4 Å². The Bertz CT molecular complexity index is 1750. The molecule has 1 aromatic heterocycles. The summed E-state index contributed by atoms with van der Waals surface area (Å²) in [5.74, 6) is 1.10. The normalized spacial score (nSPS) is 13.4. The number of thiophene rings is 1. The topological polar surface area (TPSA) is 54.0 Å². The molecule has 0 bridgehead atoms. The van der Waals surface area contributed by atoms with E-state index in [4.69, 9.17) is 42.1 Å². The van der Waals surface area contributed by atoms with Crippen molar-refractivity contribution in [2.45, 2.75) is 5.60 Å². The summed E-state index contributed by atoms with van der Waals surface area (Å²) in [6, 6.07) is 22.7. The lowest BCUT2D eigenvalue weighted by atomic mass is 9.81. The molecular weight excluding hydrogens is 579 g/mol. The van der Waals surface area contributed by atoms with Crippen LogP contribution in [0.4, 0.5) is 0 Å². The van der Waals surface area contributed by atoms with E-state index >= 15 is 0 Å². The zero-order valence-electron chi connectivity index (χ0n) is 22.4. The molecule has 8 heteroatoms. The van der Waals surface area contributed by atoms with Gasteiger partial charge < -0.3 is 18.9 Å². The fourth-order valence-electron chi connectivity index (χ4n) is 5.33. The van der Waals surface area contributed by atoms with Crippen LogP contribution >= 0.6 is 34.5 Å². The van der Waals surface area contributed by atoms with Crippen LogP contribution in [0.15, 0.2) is 84.3 Å². The van der Waals surface area contributed by atoms with Crippen molar-refractivity contribution in [1.29, 1.82) is 0 Å². The summed E-state index contributed by atoms with van der Waals surface area (Å²) in [4.78, 5) is 14.4. The van der Waals surface area contributed by atoms with Crippen molar-refractivity contribution in [1.82, 2.24) is 0 Å². The molecule has 0 atom stereocenters. The average molecular weight is 604 g/mol.